The Balaban J connectivity index is 2.07. The first-order valence-electron chi connectivity index (χ1n) is 12.6. The molecular formula is C29H35N3O5S. The number of hydrogen-bond acceptors (Lipinski definition) is 5. The molecule has 0 aliphatic carbocycles. The molecule has 0 aliphatic rings. The zero-order valence-electron chi connectivity index (χ0n) is 22.3. The van der Waals surface area contributed by atoms with Gasteiger partial charge >= 0.3 is 0 Å². The van der Waals surface area contributed by atoms with Gasteiger partial charge in [-0.25, -0.2) is 8.42 Å². The number of rotatable bonds is 12. The summed E-state index contributed by atoms with van der Waals surface area (Å²) >= 11 is 0. The summed E-state index contributed by atoms with van der Waals surface area (Å²) in [6.07, 6.45) is 0.358. The summed E-state index contributed by atoms with van der Waals surface area (Å²) in [4.78, 5) is 28.5. The van der Waals surface area contributed by atoms with Crippen molar-refractivity contribution in [3.05, 3.63) is 90.0 Å². The summed E-state index contributed by atoms with van der Waals surface area (Å²) in [6.45, 7) is 5.48. The fourth-order valence-electron chi connectivity index (χ4n) is 4.26. The topological polar surface area (TPSA) is 96.0 Å². The zero-order valence-corrected chi connectivity index (χ0v) is 23.1. The summed E-state index contributed by atoms with van der Waals surface area (Å²) in [6, 6.07) is 21.5. The Labute approximate surface area is 225 Å². The Morgan fingerprint density at radius 3 is 2.26 bits per heavy atom. The van der Waals surface area contributed by atoms with Crippen LogP contribution in [0.4, 0.5) is 5.69 Å². The number of nitrogens with zero attached hydrogens (tertiary/aromatic N) is 2. The normalized spacial score (nSPS) is 11.9. The molecule has 0 aliphatic heterocycles. The highest BCUT2D eigenvalue weighted by Gasteiger charge is 2.34. The summed E-state index contributed by atoms with van der Waals surface area (Å²) in [5, 5.41) is 2.80. The quantitative estimate of drug-likeness (QED) is 0.375. The SMILES string of the molecule is CCNC(=O)[C@H](CC)N(Cc1cccc(OC)c1)C(=O)CN(c1ccccc1C)S(=O)(=O)c1ccccc1. The van der Waals surface area contributed by atoms with Gasteiger partial charge < -0.3 is 15.0 Å². The first-order valence-corrected chi connectivity index (χ1v) is 14.0. The van der Waals surface area contributed by atoms with Gasteiger partial charge in [0.05, 0.1) is 17.7 Å². The first-order chi connectivity index (χ1) is 18.2. The monoisotopic (exact) mass is 537 g/mol. The number of carbonyl (C=O) groups excluding carboxylic acids is 2. The molecule has 0 aromatic heterocycles. The predicted molar refractivity (Wildman–Crippen MR) is 148 cm³/mol. The first kappa shape index (κ1) is 28.7. The molecule has 1 atom stereocenters. The minimum atomic E-state index is -4.09. The van der Waals surface area contributed by atoms with Gasteiger partial charge in [0.25, 0.3) is 10.0 Å². The van der Waals surface area contributed by atoms with Crippen LogP contribution in [0.2, 0.25) is 0 Å². The van der Waals surface area contributed by atoms with Crippen molar-refractivity contribution in [3.8, 4) is 5.75 Å². The summed E-state index contributed by atoms with van der Waals surface area (Å²) < 4.78 is 34.1. The molecule has 0 spiro atoms. The van der Waals surface area contributed by atoms with Crippen molar-refractivity contribution in [1.29, 1.82) is 0 Å². The number of nitrogens with one attached hydrogen (secondary N) is 1. The third-order valence-corrected chi connectivity index (χ3v) is 7.99. The second-order valence-electron chi connectivity index (χ2n) is 8.80. The molecule has 0 saturated heterocycles. The maximum atomic E-state index is 14.0. The van der Waals surface area contributed by atoms with Crippen LogP contribution >= 0.6 is 0 Å². The lowest BCUT2D eigenvalue weighted by Gasteiger charge is -2.33. The Morgan fingerprint density at radius 2 is 1.63 bits per heavy atom. The van der Waals surface area contributed by atoms with Crippen LogP contribution in [-0.4, -0.2) is 51.4 Å². The average Bonchev–Trinajstić information content (AvgIpc) is 2.92. The van der Waals surface area contributed by atoms with E-state index in [0.29, 0.717) is 30.0 Å². The number of hydrogen-bond donors (Lipinski definition) is 1. The van der Waals surface area contributed by atoms with E-state index in [4.69, 9.17) is 4.74 Å². The highest BCUT2D eigenvalue weighted by atomic mass is 32.2. The van der Waals surface area contributed by atoms with Crippen LogP contribution in [0.1, 0.15) is 31.4 Å². The van der Waals surface area contributed by atoms with E-state index in [-0.39, 0.29) is 17.3 Å². The van der Waals surface area contributed by atoms with Gasteiger partial charge in [0.1, 0.15) is 18.3 Å². The van der Waals surface area contributed by atoms with Crippen molar-refractivity contribution in [2.75, 3.05) is 24.5 Å². The van der Waals surface area contributed by atoms with Crippen molar-refractivity contribution in [2.24, 2.45) is 0 Å². The molecule has 0 heterocycles. The highest BCUT2D eigenvalue weighted by Crippen LogP contribution is 2.27. The molecule has 0 saturated carbocycles. The predicted octanol–water partition coefficient (Wildman–Crippen LogP) is 4.14. The molecule has 1 N–H and O–H groups in total. The number of carbonyl (C=O) groups is 2. The number of amides is 2. The fraction of sp³-hybridized carbons (Fsp3) is 0.310. The standard InChI is InChI=1S/C29H35N3O5S/c1-5-26(29(34)30-6-2)31(20-23-14-12-15-24(19-23)37-4)28(33)21-32(27-18-11-10-13-22(27)3)38(35,36)25-16-8-7-9-17-25/h7-19,26H,5-6,20-21H2,1-4H3,(H,30,34)/t26-/m0/s1. The molecule has 0 bridgehead atoms. The molecule has 0 unspecified atom stereocenters. The zero-order chi connectivity index (χ0) is 27.7. The highest BCUT2D eigenvalue weighted by molar-refractivity contribution is 7.92. The smallest absolute Gasteiger partial charge is 0.264 e. The summed E-state index contributed by atoms with van der Waals surface area (Å²) in [5.41, 5.74) is 1.86. The maximum Gasteiger partial charge on any atom is 0.264 e. The lowest BCUT2D eigenvalue weighted by Crippen LogP contribution is -2.52. The van der Waals surface area contributed by atoms with E-state index in [1.165, 1.54) is 17.0 Å². The van der Waals surface area contributed by atoms with E-state index < -0.39 is 28.5 Å². The lowest BCUT2D eigenvalue weighted by atomic mass is 10.1. The van der Waals surface area contributed by atoms with Crippen LogP contribution in [0.25, 0.3) is 0 Å². The molecule has 202 valence electrons. The summed E-state index contributed by atoms with van der Waals surface area (Å²) in [7, 11) is -2.53. The maximum absolute atomic E-state index is 14.0. The summed E-state index contributed by atoms with van der Waals surface area (Å²) in [5.74, 6) is -0.164. The van der Waals surface area contributed by atoms with Gasteiger partial charge in [-0.1, -0.05) is 55.5 Å². The largest absolute Gasteiger partial charge is 0.497 e. The average molecular weight is 538 g/mol. The van der Waals surface area contributed by atoms with E-state index in [9.17, 15) is 18.0 Å². The molecule has 9 heteroatoms. The van der Waals surface area contributed by atoms with Crippen molar-refractivity contribution in [1.82, 2.24) is 10.2 Å². The molecule has 0 radical (unpaired) electrons. The Kier molecular flexibility index (Phi) is 9.90. The second-order valence-corrected chi connectivity index (χ2v) is 10.7. The molecule has 2 amide bonds. The lowest BCUT2D eigenvalue weighted by molar-refractivity contribution is -0.140. The number of aryl methyl sites for hydroxylation is 1. The number of sulfonamides is 1. The van der Waals surface area contributed by atoms with Gasteiger partial charge in [0.15, 0.2) is 0 Å². The van der Waals surface area contributed by atoms with Gasteiger partial charge in [-0.3, -0.25) is 13.9 Å². The van der Waals surface area contributed by atoms with Gasteiger partial charge in [0, 0.05) is 13.1 Å². The Hall–Kier alpha value is -3.85. The minimum Gasteiger partial charge on any atom is -0.497 e. The fourth-order valence-corrected chi connectivity index (χ4v) is 5.76. The van der Waals surface area contributed by atoms with Crippen LogP contribution in [0.3, 0.4) is 0 Å². The second kappa shape index (κ2) is 13.1. The van der Waals surface area contributed by atoms with E-state index in [1.54, 1.807) is 62.6 Å². The van der Waals surface area contributed by atoms with E-state index in [0.717, 1.165) is 9.87 Å². The van der Waals surface area contributed by atoms with Crippen molar-refractivity contribution < 1.29 is 22.7 Å². The molecule has 3 aromatic carbocycles. The number of likely N-dealkylation sites (N-methyl/N-ethyl adjacent to an activating group) is 1. The van der Waals surface area contributed by atoms with Crippen molar-refractivity contribution in [3.63, 3.8) is 0 Å². The van der Waals surface area contributed by atoms with Gasteiger partial charge in [-0.05, 0) is 61.7 Å². The number of anilines is 1. The van der Waals surface area contributed by atoms with Crippen LogP contribution < -0.4 is 14.4 Å². The van der Waals surface area contributed by atoms with Gasteiger partial charge in [0.2, 0.25) is 11.8 Å². The minimum absolute atomic E-state index is 0.0752. The third kappa shape index (κ3) is 6.72. The van der Waals surface area contributed by atoms with Crippen molar-refractivity contribution >= 4 is 27.5 Å². The van der Waals surface area contributed by atoms with Crippen LogP contribution in [0.5, 0.6) is 5.75 Å². The number of benzene rings is 3. The van der Waals surface area contributed by atoms with Crippen molar-refractivity contribution in [2.45, 2.75) is 44.7 Å². The molecular weight excluding hydrogens is 502 g/mol. The molecule has 3 aromatic rings. The van der Waals surface area contributed by atoms with E-state index in [2.05, 4.69) is 5.32 Å². The number of para-hydroxylation sites is 1. The Morgan fingerprint density at radius 1 is 0.947 bits per heavy atom. The van der Waals surface area contributed by atoms with Crippen LogP contribution in [0.15, 0.2) is 83.8 Å². The molecule has 8 nitrogen and oxygen atoms in total. The molecule has 3 rings (SSSR count). The molecule has 0 fully saturated rings. The number of ether oxygens (including phenoxy) is 1. The Bertz CT molecular complexity index is 1350. The van der Waals surface area contributed by atoms with Gasteiger partial charge in [-0.2, -0.15) is 0 Å². The third-order valence-electron chi connectivity index (χ3n) is 6.22. The van der Waals surface area contributed by atoms with Gasteiger partial charge in [-0.15, -0.1) is 0 Å². The van der Waals surface area contributed by atoms with E-state index >= 15 is 0 Å². The van der Waals surface area contributed by atoms with E-state index in [1.807, 2.05) is 32.0 Å². The molecule has 38 heavy (non-hydrogen) atoms. The number of methoxy groups -OCH3 is 1. The van der Waals surface area contributed by atoms with Crippen LogP contribution in [-0.2, 0) is 26.2 Å². The van der Waals surface area contributed by atoms with Crippen LogP contribution in [0, 0.1) is 6.92 Å².